The van der Waals surface area contributed by atoms with Gasteiger partial charge in [-0.2, -0.15) is 0 Å². The van der Waals surface area contributed by atoms with E-state index in [2.05, 4.69) is 10.2 Å². The Morgan fingerprint density at radius 1 is 1.24 bits per heavy atom. The molecule has 1 heterocycles. The van der Waals surface area contributed by atoms with Crippen molar-refractivity contribution in [3.63, 3.8) is 0 Å². The average Bonchev–Trinajstić information content (AvgIpc) is 2.94. The summed E-state index contributed by atoms with van der Waals surface area (Å²) in [7, 11) is 4.09. The zero-order valence-electron chi connectivity index (χ0n) is 13.2. The van der Waals surface area contributed by atoms with E-state index in [1.165, 1.54) is 5.56 Å². The fraction of sp³-hybridized carbons (Fsp3) is 0.412. The number of nitrogens with zero attached hydrogens (tertiary/aromatic N) is 1. The van der Waals surface area contributed by atoms with E-state index in [9.17, 15) is 5.11 Å². The topological polar surface area (TPSA) is 48.6 Å². The number of furan rings is 1. The zero-order chi connectivity index (χ0) is 15.4. The Labute approximate surface area is 126 Å². The van der Waals surface area contributed by atoms with Crippen molar-refractivity contribution in [2.75, 3.05) is 20.6 Å². The molecule has 0 aliphatic carbocycles. The average molecular weight is 288 g/mol. The number of phenolic OH excluding ortho intramolecular Hbond substituents is 1. The van der Waals surface area contributed by atoms with Gasteiger partial charge in [-0.05, 0) is 56.8 Å². The number of likely N-dealkylation sites (N-methyl/N-ethyl adjacent to an activating group) is 1. The monoisotopic (exact) mass is 288 g/mol. The molecule has 0 amide bonds. The summed E-state index contributed by atoms with van der Waals surface area (Å²) in [6.07, 6.45) is 1.71. The van der Waals surface area contributed by atoms with Crippen LogP contribution in [0.3, 0.4) is 0 Å². The number of hydrogen-bond donors (Lipinski definition) is 2. The van der Waals surface area contributed by atoms with Gasteiger partial charge in [0.15, 0.2) is 0 Å². The number of hydrogen-bond acceptors (Lipinski definition) is 4. The molecule has 0 saturated carbocycles. The van der Waals surface area contributed by atoms with Crippen molar-refractivity contribution in [3.05, 3.63) is 53.0 Å². The SMILES string of the molecule is Cc1cc(CNCC(c2ccco2)N(C)C)cc(C)c1O. The fourth-order valence-corrected chi connectivity index (χ4v) is 2.52. The molecule has 2 rings (SSSR count). The van der Waals surface area contributed by atoms with Crippen molar-refractivity contribution in [2.24, 2.45) is 0 Å². The van der Waals surface area contributed by atoms with Gasteiger partial charge in [-0.1, -0.05) is 12.1 Å². The molecule has 0 saturated heterocycles. The molecule has 0 aliphatic heterocycles. The van der Waals surface area contributed by atoms with Crippen LogP contribution in [0.2, 0.25) is 0 Å². The number of aromatic hydroxyl groups is 1. The van der Waals surface area contributed by atoms with Crippen molar-refractivity contribution < 1.29 is 9.52 Å². The van der Waals surface area contributed by atoms with Crippen LogP contribution in [-0.4, -0.2) is 30.6 Å². The highest BCUT2D eigenvalue weighted by Gasteiger charge is 2.16. The van der Waals surface area contributed by atoms with E-state index < -0.39 is 0 Å². The lowest BCUT2D eigenvalue weighted by molar-refractivity contribution is 0.250. The molecular formula is C17H24N2O2. The molecule has 1 aromatic carbocycles. The van der Waals surface area contributed by atoms with Crippen molar-refractivity contribution in [3.8, 4) is 5.75 Å². The van der Waals surface area contributed by atoms with Gasteiger partial charge >= 0.3 is 0 Å². The number of nitrogens with one attached hydrogen (secondary N) is 1. The van der Waals surface area contributed by atoms with Gasteiger partial charge in [-0.25, -0.2) is 0 Å². The second-order valence-corrected chi connectivity index (χ2v) is 5.70. The zero-order valence-corrected chi connectivity index (χ0v) is 13.2. The van der Waals surface area contributed by atoms with E-state index in [1.54, 1.807) is 6.26 Å². The molecule has 0 radical (unpaired) electrons. The Bertz CT molecular complexity index is 553. The van der Waals surface area contributed by atoms with E-state index >= 15 is 0 Å². The quantitative estimate of drug-likeness (QED) is 0.858. The lowest BCUT2D eigenvalue weighted by atomic mass is 10.1. The number of phenols is 1. The molecule has 0 fully saturated rings. The van der Waals surface area contributed by atoms with Crippen LogP contribution in [0.1, 0.15) is 28.5 Å². The predicted molar refractivity (Wildman–Crippen MR) is 84.4 cm³/mol. The van der Waals surface area contributed by atoms with Crippen LogP contribution in [0.15, 0.2) is 34.9 Å². The van der Waals surface area contributed by atoms with Gasteiger partial charge in [0.05, 0.1) is 12.3 Å². The van der Waals surface area contributed by atoms with Gasteiger partial charge in [-0.15, -0.1) is 0 Å². The summed E-state index contributed by atoms with van der Waals surface area (Å²) in [6, 6.07) is 8.17. The second kappa shape index (κ2) is 6.78. The maximum atomic E-state index is 9.80. The lowest BCUT2D eigenvalue weighted by Gasteiger charge is -2.22. The van der Waals surface area contributed by atoms with E-state index in [0.717, 1.165) is 30.0 Å². The first kappa shape index (κ1) is 15.6. The summed E-state index contributed by atoms with van der Waals surface area (Å²) in [5, 5.41) is 13.3. The largest absolute Gasteiger partial charge is 0.507 e. The summed E-state index contributed by atoms with van der Waals surface area (Å²) < 4.78 is 5.50. The minimum absolute atomic E-state index is 0.208. The van der Waals surface area contributed by atoms with Gasteiger partial charge in [-0.3, -0.25) is 4.90 Å². The highest BCUT2D eigenvalue weighted by atomic mass is 16.3. The molecule has 1 unspecified atom stereocenters. The Kier molecular flexibility index (Phi) is 5.04. The first-order valence-corrected chi connectivity index (χ1v) is 7.18. The smallest absolute Gasteiger partial charge is 0.122 e. The van der Waals surface area contributed by atoms with Crippen LogP contribution < -0.4 is 5.32 Å². The van der Waals surface area contributed by atoms with E-state index in [4.69, 9.17) is 4.42 Å². The molecular weight excluding hydrogens is 264 g/mol. The van der Waals surface area contributed by atoms with E-state index in [1.807, 2.05) is 52.2 Å². The molecule has 0 spiro atoms. The van der Waals surface area contributed by atoms with Crippen molar-refractivity contribution in [2.45, 2.75) is 26.4 Å². The summed E-state index contributed by atoms with van der Waals surface area (Å²) in [4.78, 5) is 2.14. The van der Waals surface area contributed by atoms with Gasteiger partial charge in [0, 0.05) is 13.1 Å². The van der Waals surface area contributed by atoms with Gasteiger partial charge in [0.2, 0.25) is 0 Å². The maximum absolute atomic E-state index is 9.80. The van der Waals surface area contributed by atoms with Gasteiger partial charge in [0.1, 0.15) is 11.5 Å². The van der Waals surface area contributed by atoms with Crippen molar-refractivity contribution in [1.29, 1.82) is 0 Å². The van der Waals surface area contributed by atoms with Crippen LogP contribution >= 0.6 is 0 Å². The predicted octanol–water partition coefficient (Wildman–Crippen LogP) is 2.99. The molecule has 0 aliphatic rings. The minimum atomic E-state index is 0.208. The summed E-state index contributed by atoms with van der Waals surface area (Å²) in [5.74, 6) is 1.35. The third kappa shape index (κ3) is 3.86. The molecule has 2 N–H and O–H groups in total. The summed E-state index contributed by atoms with van der Waals surface area (Å²) in [6.45, 7) is 5.43. The third-order valence-electron chi connectivity index (χ3n) is 3.71. The molecule has 0 bridgehead atoms. The standard InChI is InChI=1S/C17H24N2O2/c1-12-8-14(9-13(2)17(12)20)10-18-11-15(19(3)4)16-6-5-7-21-16/h5-9,15,18,20H,10-11H2,1-4H3. The van der Waals surface area contributed by atoms with Crippen LogP contribution in [0.25, 0.3) is 0 Å². The van der Waals surface area contributed by atoms with E-state index in [0.29, 0.717) is 5.75 Å². The molecule has 1 aromatic heterocycles. The minimum Gasteiger partial charge on any atom is -0.507 e. The Morgan fingerprint density at radius 2 is 1.90 bits per heavy atom. The maximum Gasteiger partial charge on any atom is 0.122 e. The molecule has 2 aromatic rings. The normalized spacial score (nSPS) is 12.8. The summed E-state index contributed by atoms with van der Waals surface area (Å²) >= 11 is 0. The Morgan fingerprint density at radius 3 is 2.43 bits per heavy atom. The third-order valence-corrected chi connectivity index (χ3v) is 3.71. The molecule has 21 heavy (non-hydrogen) atoms. The molecule has 4 heteroatoms. The van der Waals surface area contributed by atoms with Crippen molar-refractivity contribution in [1.82, 2.24) is 10.2 Å². The number of aryl methyl sites for hydroxylation is 2. The molecule has 1 atom stereocenters. The number of benzene rings is 1. The second-order valence-electron chi connectivity index (χ2n) is 5.70. The first-order chi connectivity index (χ1) is 9.99. The van der Waals surface area contributed by atoms with Crippen LogP contribution in [0, 0.1) is 13.8 Å². The van der Waals surface area contributed by atoms with Crippen LogP contribution in [-0.2, 0) is 6.54 Å². The molecule has 114 valence electrons. The number of rotatable bonds is 6. The summed E-state index contributed by atoms with van der Waals surface area (Å²) in [5.41, 5.74) is 3.02. The molecule has 4 nitrogen and oxygen atoms in total. The Hall–Kier alpha value is -1.78. The highest BCUT2D eigenvalue weighted by Crippen LogP contribution is 2.23. The van der Waals surface area contributed by atoms with Crippen molar-refractivity contribution >= 4 is 0 Å². The van der Waals surface area contributed by atoms with E-state index in [-0.39, 0.29) is 6.04 Å². The fourth-order valence-electron chi connectivity index (χ4n) is 2.52. The van der Waals surface area contributed by atoms with Gasteiger partial charge in [0.25, 0.3) is 0 Å². The lowest BCUT2D eigenvalue weighted by Crippen LogP contribution is -2.30. The van der Waals surface area contributed by atoms with Crippen LogP contribution in [0.5, 0.6) is 5.75 Å². The highest BCUT2D eigenvalue weighted by molar-refractivity contribution is 5.42. The first-order valence-electron chi connectivity index (χ1n) is 7.18. The Balaban J connectivity index is 1.97. The van der Waals surface area contributed by atoms with Crippen LogP contribution in [0.4, 0.5) is 0 Å². The van der Waals surface area contributed by atoms with Gasteiger partial charge < -0.3 is 14.8 Å².